The fourth-order valence-corrected chi connectivity index (χ4v) is 15.6. The predicted molar refractivity (Wildman–Crippen MR) is 287 cm³/mol. The number of thiophene rings is 1. The van der Waals surface area contributed by atoms with Crippen LogP contribution in [0.3, 0.4) is 0 Å². The topological polar surface area (TPSA) is 188 Å². The maximum absolute atomic E-state index is 14.4. The van der Waals surface area contributed by atoms with Crippen LogP contribution in [0, 0.1) is 11.8 Å². The molecule has 4 aliphatic carbocycles. The molecule has 2 aromatic carbocycles. The Balaban J connectivity index is 0.776. The molecule has 5 fully saturated rings. The van der Waals surface area contributed by atoms with Crippen molar-refractivity contribution >= 4 is 57.3 Å². The number of hydrogen-bond donors (Lipinski definition) is 4. The number of methoxy groups -OCH3 is 2. The van der Waals surface area contributed by atoms with Crippen molar-refractivity contribution in [1.82, 2.24) is 40.4 Å². The Labute approximate surface area is 440 Å². The number of fused-ring (bicyclic) bond motifs is 10. The van der Waals surface area contributed by atoms with Crippen molar-refractivity contribution in [1.29, 1.82) is 0 Å². The first-order chi connectivity index (χ1) is 36.7. The molecule has 4 amide bonds. The summed E-state index contributed by atoms with van der Waals surface area (Å²) in [6.45, 7) is 1.24. The Morgan fingerprint density at radius 1 is 0.573 bits per heavy atom. The number of hydrogen-bond acceptors (Lipinski definition) is 10. The van der Waals surface area contributed by atoms with Crippen LogP contribution in [0.1, 0.15) is 156 Å². The summed E-state index contributed by atoms with van der Waals surface area (Å²) in [7, 11) is 2.70. The zero-order valence-electron chi connectivity index (χ0n) is 42.9. The van der Waals surface area contributed by atoms with E-state index in [1.807, 2.05) is 22.2 Å². The van der Waals surface area contributed by atoms with Crippen LogP contribution in [-0.4, -0.2) is 93.1 Å². The van der Waals surface area contributed by atoms with Crippen LogP contribution in [-0.2, 0) is 19.1 Å². The third kappa shape index (κ3) is 8.45. The molecule has 15 nitrogen and oxygen atoms in total. The standard InChI is InChI=1S/C59H66N8O7S/c1-72-58(70)64-52(32-11-5-3-6-12-32)56(68)66-27-9-15-42(66)54-60-30-40(62-54)38-21-19-37(50-44-23-24-45(74-44)51(38)50)36-20-22-39(49-35-18-17-34(29-35)48(36)49)46-25-26-47(75-46)41-31-61-55(63-41)43-16-10-28-67(43)57(69)53(65-59(71)73-2)33-13-7-4-8-14-33/h19-26,30-35,42-43,52-53H,3-18,27-29H2,1-2H3,(H,60,62)(H,61,63)(H,64,70)(H,65,71)/t34?,35?,42-,43-,52-,53-/m0/s1. The van der Waals surface area contributed by atoms with E-state index in [1.165, 1.54) is 59.8 Å². The molecule has 6 aliphatic rings. The largest absolute Gasteiger partial charge is 0.456 e. The lowest BCUT2D eigenvalue weighted by Crippen LogP contribution is -2.52. The van der Waals surface area contributed by atoms with E-state index in [4.69, 9.17) is 23.9 Å². The minimum absolute atomic E-state index is 0.0442. The van der Waals surface area contributed by atoms with Crippen molar-refractivity contribution in [2.75, 3.05) is 27.3 Å². The number of aromatic amines is 2. The zero-order chi connectivity index (χ0) is 50.9. The van der Waals surface area contributed by atoms with Gasteiger partial charge in [-0.05, 0) is 146 Å². The molecule has 2 saturated heterocycles. The number of benzene rings is 3. The fourth-order valence-electron chi connectivity index (χ4n) is 14.6. The molecule has 75 heavy (non-hydrogen) atoms. The van der Waals surface area contributed by atoms with Crippen LogP contribution in [0.25, 0.3) is 65.3 Å². The number of ether oxygens (including phenoxy) is 2. The van der Waals surface area contributed by atoms with E-state index < -0.39 is 24.3 Å². The van der Waals surface area contributed by atoms with E-state index in [0.717, 1.165) is 152 Å². The van der Waals surface area contributed by atoms with Crippen LogP contribution < -0.4 is 10.6 Å². The lowest BCUT2D eigenvalue weighted by molar-refractivity contribution is -0.136. The van der Waals surface area contributed by atoms with Gasteiger partial charge in [-0.15, -0.1) is 11.3 Å². The molecule has 3 saturated carbocycles. The number of carbonyl (C=O) groups is 4. The third-order valence-electron chi connectivity index (χ3n) is 18.1. The first kappa shape index (κ1) is 48.0. The summed E-state index contributed by atoms with van der Waals surface area (Å²) >= 11 is 1.78. The Hall–Kier alpha value is -6.68. The van der Waals surface area contributed by atoms with E-state index in [1.54, 1.807) is 11.3 Å². The second kappa shape index (κ2) is 19.8. The third-order valence-corrected chi connectivity index (χ3v) is 19.3. The molecule has 390 valence electrons. The Kier molecular flexibility index (Phi) is 12.7. The van der Waals surface area contributed by atoms with Crippen molar-refractivity contribution in [3.05, 3.63) is 83.7 Å². The fraction of sp³-hybridized carbons (Fsp3) is 0.492. The molecule has 0 radical (unpaired) electrons. The summed E-state index contributed by atoms with van der Waals surface area (Å²) in [4.78, 5) is 77.0. The van der Waals surface area contributed by atoms with Gasteiger partial charge in [0.15, 0.2) is 0 Å². The maximum atomic E-state index is 14.4. The number of imidazole rings is 2. The molecular formula is C59H66N8O7S. The normalized spacial score (nSPS) is 22.8. The van der Waals surface area contributed by atoms with E-state index in [0.29, 0.717) is 24.9 Å². The van der Waals surface area contributed by atoms with Crippen molar-refractivity contribution in [2.45, 2.75) is 145 Å². The van der Waals surface area contributed by atoms with E-state index in [-0.39, 0.29) is 35.7 Å². The van der Waals surface area contributed by atoms with E-state index in [2.05, 4.69) is 69.1 Å². The molecule has 4 bridgehead atoms. The highest BCUT2D eigenvalue weighted by atomic mass is 32.1. The first-order valence-electron chi connectivity index (χ1n) is 27.7. The first-order valence-corrected chi connectivity index (χ1v) is 28.5. The summed E-state index contributed by atoms with van der Waals surface area (Å²) in [6.07, 6.45) is 19.7. The van der Waals surface area contributed by atoms with E-state index >= 15 is 0 Å². The highest BCUT2D eigenvalue weighted by Gasteiger charge is 2.44. The number of alkyl carbamates (subject to hydrolysis) is 2. The molecule has 16 heteroatoms. The Morgan fingerprint density at radius 3 is 1.65 bits per heavy atom. The van der Waals surface area contributed by atoms with E-state index in [9.17, 15) is 19.2 Å². The molecule has 6 atom stereocenters. The highest BCUT2D eigenvalue weighted by molar-refractivity contribution is 7.18. The SMILES string of the molecule is COC(=O)N[C@H](C(=O)N1CCC[C@H]1c1ncc(-c2ccc(-c3ccc(-c4ccc(-c5cnc([C@@H]6CCCN6C(=O)[C@@H](NC(=O)OC)C6CCCCC6)[nH]5)c5c6ccc(o6)c45)c4c3C3CCC4C3)s2)[nH]1)C1CCCCC1. The quantitative estimate of drug-likeness (QED) is 0.0923. The van der Waals surface area contributed by atoms with Crippen molar-refractivity contribution in [3.8, 4) is 43.4 Å². The predicted octanol–water partition coefficient (Wildman–Crippen LogP) is 12.5. The molecular weight excluding hydrogens is 965 g/mol. The summed E-state index contributed by atoms with van der Waals surface area (Å²) < 4.78 is 16.5. The summed E-state index contributed by atoms with van der Waals surface area (Å²) in [5, 5.41) is 8.01. The summed E-state index contributed by atoms with van der Waals surface area (Å²) in [5.41, 5.74) is 11.2. The molecule has 5 aromatic heterocycles. The number of rotatable bonds is 12. The van der Waals surface area contributed by atoms with Gasteiger partial charge in [0.05, 0.1) is 55.0 Å². The number of aromatic nitrogens is 4. The van der Waals surface area contributed by atoms with Gasteiger partial charge < -0.3 is 44.3 Å². The van der Waals surface area contributed by atoms with Gasteiger partial charge in [0.2, 0.25) is 11.8 Å². The summed E-state index contributed by atoms with van der Waals surface area (Å²) in [5.74, 6) is 2.60. The van der Waals surface area contributed by atoms with Crippen LogP contribution in [0.2, 0.25) is 0 Å². The molecule has 7 heterocycles. The van der Waals surface area contributed by atoms with Crippen LogP contribution in [0.5, 0.6) is 0 Å². The molecule has 7 aromatic rings. The number of likely N-dealkylation sites (tertiary alicyclic amines) is 2. The van der Waals surface area contributed by atoms with Gasteiger partial charge in [0, 0.05) is 34.3 Å². The second-order valence-electron chi connectivity index (χ2n) is 22.2. The van der Waals surface area contributed by atoms with Gasteiger partial charge in [0.1, 0.15) is 34.9 Å². The average molecular weight is 1030 g/mol. The van der Waals surface area contributed by atoms with Gasteiger partial charge in [-0.2, -0.15) is 0 Å². The van der Waals surface area contributed by atoms with Gasteiger partial charge >= 0.3 is 12.2 Å². The maximum Gasteiger partial charge on any atom is 0.407 e. The van der Waals surface area contributed by atoms with Gasteiger partial charge in [-0.1, -0.05) is 62.8 Å². The average Bonchev–Trinajstić information content (AvgIpc) is 4.34. The van der Waals surface area contributed by atoms with Crippen molar-refractivity contribution < 1.29 is 33.1 Å². The smallest absolute Gasteiger partial charge is 0.407 e. The molecule has 13 rings (SSSR count). The minimum Gasteiger partial charge on any atom is -0.456 e. The number of carbonyl (C=O) groups excluding carboxylic acids is 4. The lowest BCUT2D eigenvalue weighted by atomic mass is 9.81. The number of nitrogens with zero attached hydrogens (tertiary/aromatic N) is 4. The van der Waals surface area contributed by atoms with Crippen molar-refractivity contribution in [2.24, 2.45) is 11.8 Å². The van der Waals surface area contributed by atoms with Gasteiger partial charge in [-0.3, -0.25) is 9.59 Å². The molecule has 2 unspecified atom stereocenters. The summed E-state index contributed by atoms with van der Waals surface area (Å²) in [6, 6.07) is 16.1. The number of amides is 4. The number of nitrogens with one attached hydrogen (secondary N) is 4. The van der Waals surface area contributed by atoms with Gasteiger partial charge in [-0.25, -0.2) is 19.6 Å². The highest BCUT2D eigenvalue weighted by Crippen LogP contribution is 2.60. The zero-order valence-corrected chi connectivity index (χ0v) is 43.7. The number of H-pyrrole nitrogens is 2. The number of furan rings is 2. The van der Waals surface area contributed by atoms with Crippen LogP contribution >= 0.6 is 11.3 Å². The monoisotopic (exact) mass is 1030 g/mol. The molecule has 4 N–H and O–H groups in total. The molecule has 0 spiro atoms. The second-order valence-corrected chi connectivity index (χ2v) is 23.3. The Bertz CT molecular complexity index is 3290. The Morgan fingerprint density at radius 2 is 1.07 bits per heavy atom. The van der Waals surface area contributed by atoms with Crippen LogP contribution in [0.15, 0.2) is 65.3 Å². The van der Waals surface area contributed by atoms with Crippen molar-refractivity contribution in [3.63, 3.8) is 0 Å². The molecule has 2 aliphatic heterocycles. The minimum atomic E-state index is -0.625. The van der Waals surface area contributed by atoms with Gasteiger partial charge in [0.25, 0.3) is 0 Å². The lowest BCUT2D eigenvalue weighted by Gasteiger charge is -2.34. The van der Waals surface area contributed by atoms with Crippen LogP contribution in [0.4, 0.5) is 9.59 Å².